The van der Waals surface area contributed by atoms with Gasteiger partial charge in [0.25, 0.3) is 0 Å². The molecule has 10 aromatic rings. The summed E-state index contributed by atoms with van der Waals surface area (Å²) in [7, 11) is 0. The van der Waals surface area contributed by atoms with E-state index in [0.29, 0.717) is 0 Å². The van der Waals surface area contributed by atoms with Gasteiger partial charge in [-0.05, 0) is 118 Å². The van der Waals surface area contributed by atoms with E-state index < -0.39 is 0 Å². The van der Waals surface area contributed by atoms with Crippen LogP contribution in [0.15, 0.2) is 194 Å². The smallest absolute Gasteiger partial charge is 0.0723 e. The van der Waals surface area contributed by atoms with Gasteiger partial charge in [-0.1, -0.05) is 123 Å². The molecule has 0 aliphatic carbocycles. The number of nitrogens with zero attached hydrogens (tertiary/aromatic N) is 4. The zero-order chi connectivity index (χ0) is 39.0. The number of para-hydroxylation sites is 4. The molecule has 8 aromatic carbocycles. The zero-order valence-corrected chi connectivity index (χ0v) is 32.7. The number of aryl methyl sites for hydroxylation is 2. The van der Waals surface area contributed by atoms with Crippen LogP contribution in [0.5, 0.6) is 0 Å². The molecule has 0 bridgehead atoms. The molecule has 0 atom stereocenters. The number of hydrogen-bond acceptors (Lipinski definition) is 4. The molecule has 0 aliphatic rings. The first kappa shape index (κ1) is 35.1. The molecule has 2 heterocycles. The van der Waals surface area contributed by atoms with E-state index in [1.54, 1.807) is 0 Å². The maximum absolute atomic E-state index is 4.83. The Bertz CT molecular complexity index is 2810. The quantitative estimate of drug-likeness (QED) is 0.130. The van der Waals surface area contributed by atoms with E-state index in [0.717, 1.165) is 69.5 Å². The van der Waals surface area contributed by atoms with E-state index in [9.17, 15) is 0 Å². The predicted octanol–water partition coefficient (Wildman–Crippen LogP) is 14.8. The molecule has 10 rings (SSSR count). The van der Waals surface area contributed by atoms with Crippen molar-refractivity contribution in [2.45, 2.75) is 26.7 Å². The molecule has 0 amide bonds. The van der Waals surface area contributed by atoms with Gasteiger partial charge in [-0.3, -0.25) is 9.97 Å². The number of benzene rings is 8. The third kappa shape index (κ3) is 5.93. The summed E-state index contributed by atoms with van der Waals surface area (Å²) >= 11 is 0. The second kappa shape index (κ2) is 15.0. The number of hydrogen-bond donors (Lipinski definition) is 0. The first-order chi connectivity index (χ1) is 28.7. The van der Waals surface area contributed by atoms with Gasteiger partial charge in [0.05, 0.1) is 34.1 Å². The van der Waals surface area contributed by atoms with Crippen LogP contribution in [0, 0.1) is 0 Å². The molecule has 0 saturated heterocycles. The first-order valence-electron chi connectivity index (χ1n) is 20.2. The van der Waals surface area contributed by atoms with Crippen molar-refractivity contribution in [3.05, 3.63) is 206 Å². The van der Waals surface area contributed by atoms with Crippen molar-refractivity contribution >= 4 is 66.4 Å². The van der Waals surface area contributed by atoms with Gasteiger partial charge in [-0.25, -0.2) is 0 Å². The van der Waals surface area contributed by atoms with Gasteiger partial charge >= 0.3 is 0 Å². The summed E-state index contributed by atoms with van der Waals surface area (Å²) < 4.78 is 0. The van der Waals surface area contributed by atoms with Gasteiger partial charge in [0.1, 0.15) is 0 Å². The van der Waals surface area contributed by atoms with Gasteiger partial charge < -0.3 is 9.80 Å². The standard InChI is InChI=1S/C54H42N4/c1-3-37-35-51(57(39-19-7-5-8-20-39)49-27-13-11-23-43(49)47-25-15-17-33-55-47)45-32-30-42-38(4-2)36-52(46-31-29-41(37)53(45)54(42)46)58(40-21-9-6-10-22-40)50-28-14-12-24-44(50)48-26-16-18-34-56-48/h5-36H,3-4H2,1-2H3. The minimum absolute atomic E-state index is 0.896. The summed E-state index contributed by atoms with van der Waals surface area (Å²) in [5.41, 5.74) is 13.3. The highest BCUT2D eigenvalue weighted by molar-refractivity contribution is 6.29. The minimum Gasteiger partial charge on any atom is -0.309 e. The van der Waals surface area contributed by atoms with Crippen LogP contribution in [0.3, 0.4) is 0 Å². The summed E-state index contributed by atoms with van der Waals surface area (Å²) in [6, 6.07) is 65.4. The summed E-state index contributed by atoms with van der Waals surface area (Å²) in [4.78, 5) is 14.5. The molecular weight excluding hydrogens is 705 g/mol. The maximum Gasteiger partial charge on any atom is 0.0723 e. The Morgan fingerprint density at radius 1 is 0.362 bits per heavy atom. The van der Waals surface area contributed by atoms with Gasteiger partial charge in [0.15, 0.2) is 0 Å². The number of rotatable bonds is 10. The SMILES string of the molecule is CCc1cc(N(c2ccccc2)c2ccccc2-c2ccccn2)c2ccc3c(CC)cc(N(c4ccccc4)c4ccccc4-c4ccccn4)c4ccc1c2c34. The lowest BCUT2D eigenvalue weighted by Crippen LogP contribution is -2.13. The molecule has 0 fully saturated rings. The Morgan fingerprint density at radius 3 is 1.14 bits per heavy atom. The minimum atomic E-state index is 0.896. The molecule has 2 aromatic heterocycles. The van der Waals surface area contributed by atoms with Crippen molar-refractivity contribution in [2.24, 2.45) is 0 Å². The van der Waals surface area contributed by atoms with Crippen LogP contribution in [-0.4, -0.2) is 9.97 Å². The van der Waals surface area contributed by atoms with E-state index in [4.69, 9.17) is 9.97 Å². The van der Waals surface area contributed by atoms with Crippen molar-refractivity contribution in [1.82, 2.24) is 9.97 Å². The third-order valence-corrected chi connectivity index (χ3v) is 11.5. The second-order valence-electron chi connectivity index (χ2n) is 14.7. The summed E-state index contributed by atoms with van der Waals surface area (Å²) in [6.07, 6.45) is 5.54. The van der Waals surface area contributed by atoms with E-state index in [1.165, 1.54) is 43.4 Å². The highest BCUT2D eigenvalue weighted by Gasteiger charge is 2.26. The number of anilines is 6. The van der Waals surface area contributed by atoms with Gasteiger partial charge in [-0.15, -0.1) is 0 Å². The molecule has 0 unspecified atom stereocenters. The zero-order valence-electron chi connectivity index (χ0n) is 32.7. The fraction of sp³-hybridized carbons (Fsp3) is 0.0741. The number of pyridine rings is 2. The Kier molecular flexibility index (Phi) is 9.08. The largest absolute Gasteiger partial charge is 0.309 e. The van der Waals surface area contributed by atoms with Crippen molar-refractivity contribution in [3.8, 4) is 22.5 Å². The van der Waals surface area contributed by atoms with Crippen molar-refractivity contribution < 1.29 is 0 Å². The van der Waals surface area contributed by atoms with E-state index >= 15 is 0 Å². The normalized spacial score (nSPS) is 11.4. The molecule has 0 spiro atoms. The van der Waals surface area contributed by atoms with Crippen LogP contribution in [0.4, 0.5) is 34.1 Å². The lowest BCUT2D eigenvalue weighted by atomic mass is 9.86. The predicted molar refractivity (Wildman–Crippen MR) is 245 cm³/mol. The Balaban J connectivity index is 1.30. The molecular formula is C54H42N4. The van der Waals surface area contributed by atoms with Crippen LogP contribution in [-0.2, 0) is 12.8 Å². The fourth-order valence-corrected chi connectivity index (χ4v) is 8.84. The lowest BCUT2D eigenvalue weighted by Gasteiger charge is -2.32. The van der Waals surface area contributed by atoms with Crippen LogP contribution in [0.25, 0.3) is 54.8 Å². The molecule has 58 heavy (non-hydrogen) atoms. The monoisotopic (exact) mass is 746 g/mol. The van der Waals surface area contributed by atoms with Crippen LogP contribution >= 0.6 is 0 Å². The van der Waals surface area contributed by atoms with Gasteiger partial charge in [0.2, 0.25) is 0 Å². The van der Waals surface area contributed by atoms with Crippen LogP contribution in [0.2, 0.25) is 0 Å². The summed E-state index contributed by atoms with van der Waals surface area (Å²) in [6.45, 7) is 4.55. The Morgan fingerprint density at radius 2 is 0.741 bits per heavy atom. The molecule has 4 nitrogen and oxygen atoms in total. The topological polar surface area (TPSA) is 32.3 Å². The van der Waals surface area contributed by atoms with E-state index in [-0.39, 0.29) is 0 Å². The first-order valence-corrected chi connectivity index (χ1v) is 20.2. The Labute approximate surface area is 339 Å². The molecule has 4 heteroatoms. The van der Waals surface area contributed by atoms with Crippen LogP contribution < -0.4 is 9.80 Å². The highest BCUT2D eigenvalue weighted by atomic mass is 15.2. The van der Waals surface area contributed by atoms with E-state index in [2.05, 4.69) is 194 Å². The highest BCUT2D eigenvalue weighted by Crippen LogP contribution is 2.51. The van der Waals surface area contributed by atoms with E-state index in [1.807, 2.05) is 24.5 Å². The second-order valence-corrected chi connectivity index (χ2v) is 14.7. The Hall–Kier alpha value is -7.30. The average Bonchev–Trinajstić information content (AvgIpc) is 3.30. The molecule has 278 valence electrons. The lowest BCUT2D eigenvalue weighted by molar-refractivity contribution is 1.15. The van der Waals surface area contributed by atoms with Crippen molar-refractivity contribution in [2.75, 3.05) is 9.80 Å². The van der Waals surface area contributed by atoms with Crippen molar-refractivity contribution in [1.29, 1.82) is 0 Å². The number of aromatic nitrogens is 2. The molecule has 0 N–H and O–H groups in total. The summed E-state index contributed by atoms with van der Waals surface area (Å²) in [5, 5.41) is 7.61. The fourth-order valence-electron chi connectivity index (χ4n) is 8.84. The average molecular weight is 747 g/mol. The molecule has 0 aliphatic heterocycles. The molecule has 0 saturated carbocycles. The van der Waals surface area contributed by atoms with Crippen LogP contribution in [0.1, 0.15) is 25.0 Å². The summed E-state index contributed by atoms with van der Waals surface area (Å²) in [5.74, 6) is 0. The molecule has 0 radical (unpaired) electrons. The van der Waals surface area contributed by atoms with Gasteiger partial charge in [-0.2, -0.15) is 0 Å². The van der Waals surface area contributed by atoms with Gasteiger partial charge in [0, 0.05) is 45.7 Å². The maximum atomic E-state index is 4.83. The van der Waals surface area contributed by atoms with Crippen molar-refractivity contribution in [3.63, 3.8) is 0 Å². The third-order valence-electron chi connectivity index (χ3n) is 11.5.